The van der Waals surface area contributed by atoms with Gasteiger partial charge in [-0.25, -0.2) is 17.8 Å². The molecule has 3 rings (SSSR count). The lowest BCUT2D eigenvalue weighted by atomic mass is 10.1. The van der Waals surface area contributed by atoms with E-state index in [2.05, 4.69) is 4.98 Å². The number of methoxy groups -OCH3 is 1. The molecule has 7 nitrogen and oxygen atoms in total. The molecule has 1 heterocycles. The van der Waals surface area contributed by atoms with Crippen molar-refractivity contribution in [2.75, 3.05) is 13.7 Å². The van der Waals surface area contributed by atoms with Gasteiger partial charge in [-0.15, -0.1) is 0 Å². The van der Waals surface area contributed by atoms with Crippen molar-refractivity contribution in [1.29, 1.82) is 0 Å². The maximum atomic E-state index is 13.3. The molecule has 0 unspecified atom stereocenters. The van der Waals surface area contributed by atoms with E-state index >= 15 is 0 Å². The Morgan fingerprint density at radius 1 is 1.06 bits per heavy atom. The first-order valence-electron chi connectivity index (χ1n) is 11.5. The second-order valence-electron chi connectivity index (χ2n) is 9.19. The second kappa shape index (κ2) is 11.0. The molecular weight excluding hydrogens is 469 g/mol. The average Bonchev–Trinajstić information content (AvgIpc) is 3.24. The molecule has 0 atom stereocenters. The Bertz CT molecular complexity index is 1250. The number of carbonyl (C=O) groups is 1. The zero-order valence-corrected chi connectivity index (χ0v) is 21.5. The summed E-state index contributed by atoms with van der Waals surface area (Å²) in [6.45, 7) is 8.49. The fourth-order valence-electron chi connectivity index (χ4n) is 3.91. The number of hydrogen-bond acceptors (Lipinski definition) is 5. The van der Waals surface area contributed by atoms with Gasteiger partial charge in [0.2, 0.25) is 15.0 Å². The van der Waals surface area contributed by atoms with Crippen LogP contribution in [0.5, 0.6) is 5.75 Å². The van der Waals surface area contributed by atoms with Gasteiger partial charge in [-0.3, -0.25) is 4.79 Å². The van der Waals surface area contributed by atoms with Crippen molar-refractivity contribution in [3.63, 3.8) is 0 Å². The molecule has 3 aromatic rings. The SMILES string of the molecule is COc1ccc(C(=O)N(Cc2cnc(S(=O)(=O)Cc3ccc(F)cc3)n2C(C)C)CC(C)C)cc1. The maximum absolute atomic E-state index is 13.3. The van der Waals surface area contributed by atoms with Gasteiger partial charge in [0.15, 0.2) is 0 Å². The first kappa shape index (κ1) is 26.4. The van der Waals surface area contributed by atoms with Crippen LogP contribution in [0.25, 0.3) is 0 Å². The summed E-state index contributed by atoms with van der Waals surface area (Å²) >= 11 is 0. The molecule has 0 radical (unpaired) electrons. The van der Waals surface area contributed by atoms with Crippen molar-refractivity contribution < 1.29 is 22.3 Å². The number of sulfone groups is 1. The molecule has 1 amide bonds. The van der Waals surface area contributed by atoms with Crippen LogP contribution in [0, 0.1) is 11.7 Å². The molecule has 0 saturated carbocycles. The fraction of sp³-hybridized carbons (Fsp3) is 0.385. The van der Waals surface area contributed by atoms with E-state index in [4.69, 9.17) is 4.74 Å². The normalized spacial score (nSPS) is 11.8. The molecule has 9 heteroatoms. The van der Waals surface area contributed by atoms with Gasteiger partial charge in [0, 0.05) is 18.2 Å². The summed E-state index contributed by atoms with van der Waals surface area (Å²) in [6, 6.07) is 12.1. The molecule has 0 aliphatic carbocycles. The lowest BCUT2D eigenvalue weighted by molar-refractivity contribution is 0.0717. The molecule has 0 spiro atoms. The average molecular weight is 502 g/mol. The summed E-state index contributed by atoms with van der Waals surface area (Å²) in [7, 11) is -2.24. The standard InChI is InChI=1S/C26H32FN3O4S/c1-18(2)15-29(25(31)21-8-12-24(34-5)13-9-21)16-23-14-28-26(30(23)19(3)4)35(32,33)17-20-6-10-22(27)11-7-20/h6-14,18-19H,15-17H2,1-5H3. The second-order valence-corrected chi connectivity index (χ2v) is 11.1. The monoisotopic (exact) mass is 501 g/mol. The van der Waals surface area contributed by atoms with Gasteiger partial charge < -0.3 is 14.2 Å². The van der Waals surface area contributed by atoms with Crippen LogP contribution in [0.3, 0.4) is 0 Å². The Morgan fingerprint density at radius 2 is 1.69 bits per heavy atom. The van der Waals surface area contributed by atoms with Gasteiger partial charge in [0.25, 0.3) is 5.91 Å². The Kier molecular flexibility index (Phi) is 8.32. The number of carbonyl (C=O) groups excluding carboxylic acids is 1. The van der Waals surface area contributed by atoms with E-state index in [1.165, 1.54) is 30.5 Å². The van der Waals surface area contributed by atoms with E-state index in [1.54, 1.807) is 40.8 Å². The van der Waals surface area contributed by atoms with Crippen LogP contribution < -0.4 is 4.74 Å². The number of aromatic nitrogens is 2. The van der Waals surface area contributed by atoms with Crippen molar-refractivity contribution in [2.24, 2.45) is 5.92 Å². The minimum atomic E-state index is -3.81. The minimum Gasteiger partial charge on any atom is -0.497 e. The smallest absolute Gasteiger partial charge is 0.254 e. The third-order valence-corrected chi connectivity index (χ3v) is 7.04. The molecule has 1 aromatic heterocycles. The summed E-state index contributed by atoms with van der Waals surface area (Å²) in [5.74, 6) is -0.0191. The minimum absolute atomic E-state index is 0.0618. The van der Waals surface area contributed by atoms with Gasteiger partial charge in [0.05, 0.1) is 31.3 Å². The third-order valence-electron chi connectivity index (χ3n) is 5.47. The molecule has 0 bridgehead atoms. The third kappa shape index (κ3) is 6.48. The van der Waals surface area contributed by atoms with E-state index in [0.717, 1.165) is 0 Å². The quantitative estimate of drug-likeness (QED) is 0.395. The Balaban J connectivity index is 1.93. The fourth-order valence-corrected chi connectivity index (χ4v) is 5.51. The van der Waals surface area contributed by atoms with Crippen LogP contribution in [-0.2, 0) is 22.1 Å². The molecular formula is C26H32FN3O4S. The number of ether oxygens (including phenoxy) is 1. The van der Waals surface area contributed by atoms with Gasteiger partial charge >= 0.3 is 0 Å². The molecule has 188 valence electrons. The highest BCUT2D eigenvalue weighted by Gasteiger charge is 2.27. The molecule has 35 heavy (non-hydrogen) atoms. The van der Waals surface area contributed by atoms with Crippen LogP contribution in [0.15, 0.2) is 59.9 Å². The predicted octanol–water partition coefficient (Wildman–Crippen LogP) is 4.88. The molecule has 0 aliphatic rings. The molecule has 0 aliphatic heterocycles. The zero-order valence-electron chi connectivity index (χ0n) is 20.7. The van der Waals surface area contributed by atoms with E-state index in [0.29, 0.717) is 29.1 Å². The van der Waals surface area contributed by atoms with E-state index in [1.807, 2.05) is 27.7 Å². The van der Waals surface area contributed by atoms with Crippen molar-refractivity contribution >= 4 is 15.7 Å². The predicted molar refractivity (Wildman–Crippen MR) is 132 cm³/mol. The van der Waals surface area contributed by atoms with Crippen molar-refractivity contribution in [3.8, 4) is 5.75 Å². The Hall–Kier alpha value is -3.20. The van der Waals surface area contributed by atoms with Crippen LogP contribution in [0.2, 0.25) is 0 Å². The largest absolute Gasteiger partial charge is 0.497 e. The van der Waals surface area contributed by atoms with E-state index < -0.39 is 15.7 Å². The highest BCUT2D eigenvalue weighted by Crippen LogP contribution is 2.24. The topological polar surface area (TPSA) is 81.5 Å². The summed E-state index contributed by atoms with van der Waals surface area (Å²) in [6.07, 6.45) is 1.52. The van der Waals surface area contributed by atoms with Crippen LogP contribution in [0.1, 0.15) is 55.4 Å². The summed E-state index contributed by atoms with van der Waals surface area (Å²) in [4.78, 5) is 19.3. The van der Waals surface area contributed by atoms with Gasteiger partial charge in [-0.05, 0) is 61.7 Å². The van der Waals surface area contributed by atoms with Crippen LogP contribution in [-0.4, -0.2) is 42.4 Å². The lowest BCUT2D eigenvalue weighted by Crippen LogP contribution is -2.34. The molecule has 0 N–H and O–H groups in total. The van der Waals surface area contributed by atoms with E-state index in [-0.39, 0.29) is 35.3 Å². The number of hydrogen-bond donors (Lipinski definition) is 0. The van der Waals surface area contributed by atoms with Crippen molar-refractivity contribution in [2.45, 2.75) is 51.2 Å². The number of benzene rings is 2. The summed E-state index contributed by atoms with van der Waals surface area (Å²) in [5.41, 5.74) is 1.62. The van der Waals surface area contributed by atoms with Crippen LogP contribution >= 0.6 is 0 Å². The zero-order chi connectivity index (χ0) is 25.8. The number of imidazole rings is 1. The highest BCUT2D eigenvalue weighted by atomic mass is 32.2. The maximum Gasteiger partial charge on any atom is 0.254 e. The van der Waals surface area contributed by atoms with Crippen molar-refractivity contribution in [3.05, 3.63) is 77.4 Å². The van der Waals surface area contributed by atoms with Gasteiger partial charge in [-0.2, -0.15) is 0 Å². The molecule has 0 saturated heterocycles. The van der Waals surface area contributed by atoms with Gasteiger partial charge in [0.1, 0.15) is 11.6 Å². The number of halogens is 1. The number of nitrogens with zero attached hydrogens (tertiary/aromatic N) is 3. The van der Waals surface area contributed by atoms with Gasteiger partial charge in [-0.1, -0.05) is 26.0 Å². The van der Waals surface area contributed by atoms with E-state index in [9.17, 15) is 17.6 Å². The number of amides is 1. The summed E-state index contributed by atoms with van der Waals surface area (Å²) in [5, 5.41) is -0.0618. The lowest BCUT2D eigenvalue weighted by Gasteiger charge is -2.26. The first-order chi connectivity index (χ1) is 16.5. The first-order valence-corrected chi connectivity index (χ1v) is 13.1. The molecule has 2 aromatic carbocycles. The molecule has 0 fully saturated rings. The Morgan fingerprint density at radius 3 is 2.23 bits per heavy atom. The highest BCUT2D eigenvalue weighted by molar-refractivity contribution is 7.90. The summed E-state index contributed by atoms with van der Waals surface area (Å²) < 4.78 is 46.6. The van der Waals surface area contributed by atoms with Crippen LogP contribution in [0.4, 0.5) is 4.39 Å². The number of rotatable bonds is 10. The van der Waals surface area contributed by atoms with Crippen molar-refractivity contribution in [1.82, 2.24) is 14.5 Å². The Labute approximate surface area is 206 Å².